The lowest BCUT2D eigenvalue weighted by molar-refractivity contribution is -0.0660. The van der Waals surface area contributed by atoms with Gasteiger partial charge in [-0.3, -0.25) is 0 Å². The van der Waals surface area contributed by atoms with Crippen molar-refractivity contribution >= 4 is 0 Å². The third kappa shape index (κ3) is 1.40. The van der Waals surface area contributed by atoms with Crippen LogP contribution in [0.3, 0.4) is 0 Å². The minimum atomic E-state index is -0.363. The molecule has 0 saturated heterocycles. The molecule has 3 nitrogen and oxygen atoms in total. The maximum atomic E-state index is 10.3. The maximum absolute atomic E-state index is 10.3. The minimum Gasteiger partial charge on any atom is -0.454 e. The van der Waals surface area contributed by atoms with Crippen molar-refractivity contribution in [1.29, 1.82) is 0 Å². The van der Waals surface area contributed by atoms with Crippen LogP contribution in [0.25, 0.3) is 0 Å². The molecule has 1 N–H and O–H groups in total. The van der Waals surface area contributed by atoms with Crippen LogP contribution in [0.15, 0.2) is 18.2 Å². The van der Waals surface area contributed by atoms with Gasteiger partial charge >= 0.3 is 0 Å². The summed E-state index contributed by atoms with van der Waals surface area (Å²) in [6.07, 6.45) is 6.14. The number of rotatable bonds is 1. The predicted molar refractivity (Wildman–Crippen MR) is 66.9 cm³/mol. The number of fused-ring (bicyclic) bond motifs is 4. The summed E-state index contributed by atoms with van der Waals surface area (Å²) in [4.78, 5) is 0. The fourth-order valence-corrected chi connectivity index (χ4v) is 3.83. The van der Waals surface area contributed by atoms with Crippen LogP contribution in [-0.4, -0.2) is 17.5 Å². The van der Waals surface area contributed by atoms with Crippen LogP contribution >= 0.6 is 0 Å². The van der Waals surface area contributed by atoms with E-state index in [0.29, 0.717) is 6.79 Å². The molecule has 0 unspecified atom stereocenters. The molecule has 2 bridgehead atoms. The van der Waals surface area contributed by atoms with E-state index < -0.39 is 0 Å². The topological polar surface area (TPSA) is 38.7 Å². The highest BCUT2D eigenvalue weighted by Crippen LogP contribution is 2.54. The van der Waals surface area contributed by atoms with Gasteiger partial charge in [-0.15, -0.1) is 0 Å². The van der Waals surface area contributed by atoms with Gasteiger partial charge in [0.1, 0.15) is 0 Å². The monoisotopic (exact) mass is 246 g/mol. The van der Waals surface area contributed by atoms with Crippen molar-refractivity contribution in [1.82, 2.24) is 0 Å². The van der Waals surface area contributed by atoms with E-state index in [4.69, 9.17) is 9.47 Å². The van der Waals surface area contributed by atoms with Gasteiger partial charge in [0.15, 0.2) is 11.5 Å². The zero-order valence-corrected chi connectivity index (χ0v) is 10.4. The molecule has 1 aromatic rings. The Bertz CT molecular complexity index is 470. The molecule has 1 heterocycles. The van der Waals surface area contributed by atoms with Crippen LogP contribution in [0.4, 0.5) is 0 Å². The van der Waals surface area contributed by atoms with Crippen LogP contribution in [0.2, 0.25) is 0 Å². The van der Waals surface area contributed by atoms with Crippen molar-refractivity contribution in [3.05, 3.63) is 23.8 Å². The molecule has 96 valence electrons. The van der Waals surface area contributed by atoms with Crippen LogP contribution in [0, 0.1) is 0 Å². The van der Waals surface area contributed by atoms with Crippen molar-refractivity contribution in [2.75, 3.05) is 6.79 Å². The molecule has 0 radical (unpaired) electrons. The summed E-state index contributed by atoms with van der Waals surface area (Å²) in [5.74, 6) is 1.74. The van der Waals surface area contributed by atoms with E-state index in [9.17, 15) is 5.11 Å². The molecule has 0 aromatic heterocycles. The summed E-state index contributed by atoms with van der Waals surface area (Å²) in [5, 5.41) is 10.3. The lowest BCUT2D eigenvalue weighted by Crippen LogP contribution is -2.48. The Hall–Kier alpha value is -1.22. The number of benzene rings is 1. The van der Waals surface area contributed by atoms with Gasteiger partial charge in [0.25, 0.3) is 0 Å². The van der Waals surface area contributed by atoms with Crippen molar-refractivity contribution < 1.29 is 14.6 Å². The molecule has 3 saturated carbocycles. The molecule has 3 heteroatoms. The molecule has 3 fully saturated rings. The largest absolute Gasteiger partial charge is 0.454 e. The van der Waals surface area contributed by atoms with Crippen LogP contribution in [-0.2, 0) is 5.41 Å². The Morgan fingerprint density at radius 1 is 0.889 bits per heavy atom. The van der Waals surface area contributed by atoms with Crippen molar-refractivity contribution in [3.8, 4) is 11.5 Å². The number of hydrogen-bond acceptors (Lipinski definition) is 3. The number of hydrogen-bond donors (Lipinski definition) is 1. The highest BCUT2D eigenvalue weighted by atomic mass is 16.7. The summed E-state index contributed by atoms with van der Waals surface area (Å²) < 4.78 is 10.9. The second-order valence-corrected chi connectivity index (χ2v) is 6.07. The Morgan fingerprint density at radius 2 is 1.56 bits per heavy atom. The van der Waals surface area contributed by atoms with Gasteiger partial charge in [0, 0.05) is 0 Å². The Labute approximate surface area is 107 Å². The first kappa shape index (κ1) is 10.7. The molecule has 18 heavy (non-hydrogen) atoms. The van der Waals surface area contributed by atoms with Crippen molar-refractivity contribution in [2.24, 2.45) is 0 Å². The summed E-state index contributed by atoms with van der Waals surface area (Å²) in [6.45, 7) is 0.339. The normalized spacial score (nSPS) is 36.9. The van der Waals surface area contributed by atoms with Gasteiger partial charge in [0.2, 0.25) is 6.79 Å². The Morgan fingerprint density at radius 3 is 2.28 bits per heavy atom. The van der Waals surface area contributed by atoms with Crippen LogP contribution in [0.5, 0.6) is 11.5 Å². The van der Waals surface area contributed by atoms with Crippen molar-refractivity contribution in [3.63, 3.8) is 0 Å². The Kier molecular flexibility index (Phi) is 2.03. The van der Waals surface area contributed by atoms with E-state index >= 15 is 0 Å². The lowest BCUT2D eigenvalue weighted by atomic mass is 9.56. The first-order valence-corrected chi connectivity index (χ1v) is 6.82. The molecule has 0 amide bonds. The maximum Gasteiger partial charge on any atom is 0.231 e. The highest BCUT2D eigenvalue weighted by molar-refractivity contribution is 5.47. The van der Waals surface area contributed by atoms with E-state index in [1.165, 1.54) is 5.56 Å². The molecule has 3 aliphatic carbocycles. The summed E-state index contributed by atoms with van der Waals surface area (Å²) >= 11 is 0. The first-order valence-electron chi connectivity index (χ1n) is 6.82. The highest BCUT2D eigenvalue weighted by Gasteiger charge is 2.48. The standard InChI is InChI=1S/C15H18O3/c16-15-6-3-14(4-7-15,5-8-15)11-1-2-12-13(9-11)18-10-17-12/h1-2,9,16H,3-8,10H2. The smallest absolute Gasteiger partial charge is 0.231 e. The molecule has 1 aromatic carbocycles. The van der Waals surface area contributed by atoms with Gasteiger partial charge < -0.3 is 14.6 Å². The van der Waals surface area contributed by atoms with E-state index in [0.717, 1.165) is 50.0 Å². The summed E-state index contributed by atoms with van der Waals surface area (Å²) in [6, 6.07) is 6.36. The average molecular weight is 246 g/mol. The third-order valence-electron chi connectivity index (χ3n) is 5.19. The van der Waals surface area contributed by atoms with Crippen LogP contribution < -0.4 is 9.47 Å². The van der Waals surface area contributed by atoms with E-state index in [2.05, 4.69) is 12.1 Å². The van der Waals surface area contributed by atoms with E-state index in [-0.39, 0.29) is 11.0 Å². The second kappa shape index (κ2) is 3.41. The zero-order chi connectivity index (χ0) is 12.2. The molecule has 1 aliphatic heterocycles. The molecule has 5 rings (SSSR count). The first-order chi connectivity index (χ1) is 8.69. The molecular formula is C15H18O3. The quantitative estimate of drug-likeness (QED) is 0.828. The molecule has 0 spiro atoms. The predicted octanol–water partition coefficient (Wildman–Crippen LogP) is 2.75. The van der Waals surface area contributed by atoms with Gasteiger partial charge in [-0.25, -0.2) is 0 Å². The SMILES string of the molecule is OC12CCC(c3ccc4c(c3)OCO4)(CC1)CC2. The molecule has 4 aliphatic rings. The fourth-order valence-electron chi connectivity index (χ4n) is 3.83. The molecular weight excluding hydrogens is 228 g/mol. The number of ether oxygens (including phenoxy) is 2. The van der Waals surface area contributed by atoms with Gasteiger partial charge in [-0.1, -0.05) is 6.07 Å². The van der Waals surface area contributed by atoms with E-state index in [1.54, 1.807) is 0 Å². The van der Waals surface area contributed by atoms with E-state index in [1.807, 2.05) is 6.07 Å². The van der Waals surface area contributed by atoms with Gasteiger partial charge in [-0.2, -0.15) is 0 Å². The second-order valence-electron chi connectivity index (χ2n) is 6.07. The third-order valence-corrected chi connectivity index (χ3v) is 5.19. The fraction of sp³-hybridized carbons (Fsp3) is 0.600. The molecule has 0 atom stereocenters. The zero-order valence-electron chi connectivity index (χ0n) is 10.4. The minimum absolute atomic E-state index is 0.269. The summed E-state index contributed by atoms with van der Waals surface area (Å²) in [5.41, 5.74) is 1.28. The lowest BCUT2D eigenvalue weighted by Gasteiger charge is -2.51. The van der Waals surface area contributed by atoms with Gasteiger partial charge in [0.05, 0.1) is 5.60 Å². The Balaban J connectivity index is 1.71. The van der Waals surface area contributed by atoms with Crippen molar-refractivity contribution in [2.45, 2.75) is 49.5 Å². The average Bonchev–Trinajstić information content (AvgIpc) is 2.87. The summed E-state index contributed by atoms with van der Waals surface area (Å²) in [7, 11) is 0. The van der Waals surface area contributed by atoms with Gasteiger partial charge in [-0.05, 0) is 61.6 Å². The number of aliphatic hydroxyl groups is 1. The van der Waals surface area contributed by atoms with Crippen LogP contribution in [0.1, 0.15) is 44.1 Å².